The first-order valence-corrected chi connectivity index (χ1v) is 9.38. The average molecular weight is 389 g/mol. The van der Waals surface area contributed by atoms with Crippen molar-refractivity contribution in [1.29, 1.82) is 0 Å². The molecule has 4 nitrogen and oxygen atoms in total. The van der Waals surface area contributed by atoms with Crippen LogP contribution >= 0.6 is 27.3 Å². The molecule has 1 aromatic rings. The lowest BCUT2D eigenvalue weighted by Gasteiger charge is -2.25. The topological polar surface area (TPSA) is 50.4 Å². The Hall–Kier alpha value is -0.590. The van der Waals surface area contributed by atoms with Gasteiger partial charge in [-0.3, -0.25) is 0 Å². The van der Waals surface area contributed by atoms with Gasteiger partial charge in [-0.2, -0.15) is 0 Å². The van der Waals surface area contributed by atoms with Gasteiger partial charge in [0, 0.05) is 33.4 Å². The van der Waals surface area contributed by atoms with E-state index in [1.165, 1.54) is 17.7 Å². The molecule has 1 aliphatic carbocycles. The normalized spacial score (nSPS) is 17.9. The number of halogens is 1. The Morgan fingerprint density at radius 3 is 2.68 bits per heavy atom. The molecule has 0 radical (unpaired) electrons. The molecule has 22 heavy (non-hydrogen) atoms. The highest BCUT2D eigenvalue weighted by molar-refractivity contribution is 9.10. The first kappa shape index (κ1) is 17.8. The Kier molecular flexibility index (Phi) is 5.91. The third-order valence-electron chi connectivity index (χ3n) is 3.53. The van der Waals surface area contributed by atoms with Crippen LogP contribution in [-0.2, 0) is 4.74 Å². The molecule has 1 heterocycles. The Labute approximate surface area is 145 Å². The lowest BCUT2D eigenvalue weighted by atomic mass is 10.1. The summed E-state index contributed by atoms with van der Waals surface area (Å²) >= 11 is 5.24. The van der Waals surface area contributed by atoms with Crippen LogP contribution in [0.4, 0.5) is 4.79 Å². The van der Waals surface area contributed by atoms with Crippen molar-refractivity contribution in [3.8, 4) is 0 Å². The molecule has 0 aliphatic heterocycles. The van der Waals surface area contributed by atoms with Crippen molar-refractivity contribution in [3.05, 3.63) is 20.8 Å². The monoisotopic (exact) mass is 388 g/mol. The van der Waals surface area contributed by atoms with Gasteiger partial charge in [0.25, 0.3) is 0 Å². The summed E-state index contributed by atoms with van der Waals surface area (Å²) in [5.41, 5.74) is -0.455. The minimum Gasteiger partial charge on any atom is -0.444 e. The van der Waals surface area contributed by atoms with Crippen LogP contribution in [0, 0.1) is 5.92 Å². The zero-order chi connectivity index (χ0) is 16.3. The van der Waals surface area contributed by atoms with Crippen LogP contribution < -0.4 is 10.6 Å². The fraction of sp³-hybridized carbons (Fsp3) is 0.688. The number of nitrogens with one attached hydrogen (secondary N) is 2. The number of thiophene rings is 1. The van der Waals surface area contributed by atoms with E-state index in [0.29, 0.717) is 18.5 Å². The van der Waals surface area contributed by atoms with Crippen molar-refractivity contribution >= 4 is 33.4 Å². The predicted molar refractivity (Wildman–Crippen MR) is 94.3 cm³/mol. The van der Waals surface area contributed by atoms with Gasteiger partial charge in [0.15, 0.2) is 0 Å². The van der Waals surface area contributed by atoms with E-state index >= 15 is 0 Å². The van der Waals surface area contributed by atoms with Gasteiger partial charge in [0.1, 0.15) is 5.60 Å². The number of amides is 1. The fourth-order valence-electron chi connectivity index (χ4n) is 2.33. The zero-order valence-electron chi connectivity index (χ0n) is 13.6. The second-order valence-electron chi connectivity index (χ2n) is 6.88. The van der Waals surface area contributed by atoms with E-state index in [0.717, 1.165) is 4.47 Å². The van der Waals surface area contributed by atoms with E-state index in [9.17, 15) is 4.79 Å². The van der Waals surface area contributed by atoms with E-state index in [4.69, 9.17) is 4.74 Å². The van der Waals surface area contributed by atoms with Crippen molar-refractivity contribution in [2.24, 2.45) is 5.92 Å². The number of carbonyl (C=O) groups excluding carboxylic acids is 1. The van der Waals surface area contributed by atoms with Crippen molar-refractivity contribution < 1.29 is 9.53 Å². The molecule has 0 saturated heterocycles. The summed E-state index contributed by atoms with van der Waals surface area (Å²) in [6.45, 7) is 8.40. The highest BCUT2D eigenvalue weighted by atomic mass is 79.9. The lowest BCUT2D eigenvalue weighted by molar-refractivity contribution is 0.0520. The average Bonchev–Trinajstić information content (AvgIpc) is 3.14. The maximum Gasteiger partial charge on any atom is 0.407 e. The van der Waals surface area contributed by atoms with E-state index in [2.05, 4.69) is 44.9 Å². The number of hydrogen-bond donors (Lipinski definition) is 2. The van der Waals surface area contributed by atoms with Gasteiger partial charge in [-0.05, 0) is 68.5 Å². The Morgan fingerprint density at radius 2 is 2.18 bits per heavy atom. The van der Waals surface area contributed by atoms with E-state index in [1.807, 2.05) is 20.8 Å². The maximum atomic E-state index is 11.8. The smallest absolute Gasteiger partial charge is 0.407 e. The lowest BCUT2D eigenvalue weighted by Crippen LogP contribution is -2.44. The van der Waals surface area contributed by atoms with Gasteiger partial charge in [0.2, 0.25) is 0 Å². The molecule has 1 fully saturated rings. The summed E-state index contributed by atoms with van der Waals surface area (Å²) in [4.78, 5) is 13.1. The Bertz CT molecular complexity index is 508. The quantitative estimate of drug-likeness (QED) is 0.755. The van der Waals surface area contributed by atoms with Crippen molar-refractivity contribution in [3.63, 3.8) is 0 Å². The molecule has 2 unspecified atom stereocenters. The first-order valence-electron chi connectivity index (χ1n) is 7.71. The van der Waals surface area contributed by atoms with E-state index in [-0.39, 0.29) is 12.1 Å². The van der Waals surface area contributed by atoms with Crippen molar-refractivity contribution in [1.82, 2.24) is 10.6 Å². The van der Waals surface area contributed by atoms with Gasteiger partial charge in [-0.25, -0.2) is 4.79 Å². The SMILES string of the molecule is CC(NC(CNC(=O)OC(C)(C)C)C1CC1)c1cc(Br)cs1. The molecule has 1 aromatic heterocycles. The van der Waals surface area contributed by atoms with Gasteiger partial charge < -0.3 is 15.4 Å². The van der Waals surface area contributed by atoms with Gasteiger partial charge in [0.05, 0.1) is 0 Å². The summed E-state index contributed by atoms with van der Waals surface area (Å²) in [5.74, 6) is 0.654. The number of alkyl carbamates (subject to hydrolysis) is 1. The summed E-state index contributed by atoms with van der Waals surface area (Å²) in [6, 6.07) is 2.72. The first-order chi connectivity index (χ1) is 10.2. The molecule has 6 heteroatoms. The summed E-state index contributed by atoms with van der Waals surface area (Å²) in [6.07, 6.45) is 2.12. The van der Waals surface area contributed by atoms with Crippen LogP contribution in [0.25, 0.3) is 0 Å². The maximum absolute atomic E-state index is 11.8. The van der Waals surface area contributed by atoms with E-state index in [1.54, 1.807) is 11.3 Å². The molecule has 2 N–H and O–H groups in total. The Morgan fingerprint density at radius 1 is 1.50 bits per heavy atom. The fourth-order valence-corrected chi connectivity index (χ4v) is 3.79. The van der Waals surface area contributed by atoms with Crippen LogP contribution in [0.15, 0.2) is 15.9 Å². The van der Waals surface area contributed by atoms with Crippen molar-refractivity contribution in [2.45, 2.75) is 58.2 Å². The molecule has 1 aliphatic rings. The number of ether oxygens (including phenoxy) is 1. The molecular weight excluding hydrogens is 364 g/mol. The van der Waals surface area contributed by atoms with Gasteiger partial charge in [-0.1, -0.05) is 0 Å². The highest BCUT2D eigenvalue weighted by Crippen LogP contribution is 2.34. The molecular formula is C16H25BrN2O2S. The summed E-state index contributed by atoms with van der Waals surface area (Å²) in [7, 11) is 0. The largest absolute Gasteiger partial charge is 0.444 e. The van der Waals surface area contributed by atoms with Crippen LogP contribution in [0.5, 0.6) is 0 Å². The molecule has 0 bridgehead atoms. The number of hydrogen-bond acceptors (Lipinski definition) is 4. The summed E-state index contributed by atoms with van der Waals surface area (Å²) in [5, 5.41) is 8.64. The molecule has 124 valence electrons. The van der Waals surface area contributed by atoms with Crippen LogP contribution in [0.3, 0.4) is 0 Å². The third kappa shape index (κ3) is 5.89. The number of rotatable bonds is 6. The summed E-state index contributed by atoms with van der Waals surface area (Å²) < 4.78 is 6.42. The minimum absolute atomic E-state index is 0.280. The second-order valence-corrected chi connectivity index (χ2v) is 8.74. The highest BCUT2D eigenvalue weighted by Gasteiger charge is 2.32. The molecule has 2 rings (SSSR count). The zero-order valence-corrected chi connectivity index (χ0v) is 16.0. The molecule has 0 spiro atoms. The van der Waals surface area contributed by atoms with E-state index < -0.39 is 5.60 Å². The van der Waals surface area contributed by atoms with Crippen molar-refractivity contribution in [2.75, 3.05) is 6.54 Å². The Balaban J connectivity index is 1.84. The minimum atomic E-state index is -0.455. The third-order valence-corrected chi connectivity index (χ3v) is 5.41. The molecule has 1 saturated carbocycles. The van der Waals surface area contributed by atoms with Crippen LogP contribution in [0.1, 0.15) is 51.5 Å². The number of carbonyl (C=O) groups is 1. The molecule has 2 atom stereocenters. The van der Waals surface area contributed by atoms with Gasteiger partial charge in [-0.15, -0.1) is 11.3 Å². The van der Waals surface area contributed by atoms with Gasteiger partial charge >= 0.3 is 6.09 Å². The molecule has 0 aromatic carbocycles. The standard InChI is InChI=1S/C16H25BrN2O2S/c1-10(14-7-12(17)9-22-14)19-13(11-5-6-11)8-18-15(20)21-16(2,3)4/h7,9-11,13,19H,5-6,8H2,1-4H3,(H,18,20). The predicted octanol–water partition coefficient (Wildman–Crippen LogP) is 4.46. The van der Waals surface area contributed by atoms with Crippen LogP contribution in [0.2, 0.25) is 0 Å². The second kappa shape index (κ2) is 7.32. The van der Waals surface area contributed by atoms with Crippen LogP contribution in [-0.4, -0.2) is 24.3 Å². The molecule has 1 amide bonds.